The molecule has 2 heterocycles. The molecule has 6 aromatic carbocycles. The van der Waals surface area contributed by atoms with Crippen LogP contribution >= 0.6 is 0 Å². The molecule has 0 fully saturated rings. The first-order chi connectivity index (χ1) is 28.6. The number of nitrogens with zero attached hydrogens (tertiary/aromatic N) is 2. The van der Waals surface area contributed by atoms with E-state index in [0.717, 1.165) is 6.42 Å². The molecule has 310 valence electrons. The van der Waals surface area contributed by atoms with Gasteiger partial charge in [0.25, 0.3) is 6.71 Å². The second kappa shape index (κ2) is 13.0. The first-order valence-electron chi connectivity index (χ1n) is 23.0. The molecule has 4 aliphatic rings. The van der Waals surface area contributed by atoms with Gasteiger partial charge >= 0.3 is 0 Å². The number of fused-ring (bicyclic) bond motifs is 6. The van der Waals surface area contributed by atoms with Crippen molar-refractivity contribution in [2.75, 3.05) is 9.80 Å². The largest absolute Gasteiger partial charge is 0.311 e. The predicted molar refractivity (Wildman–Crippen MR) is 265 cm³/mol. The van der Waals surface area contributed by atoms with E-state index in [1.54, 1.807) is 0 Å². The summed E-state index contributed by atoms with van der Waals surface area (Å²) in [6, 6.07) is 40.9. The van der Waals surface area contributed by atoms with Crippen LogP contribution in [0.4, 0.5) is 34.1 Å². The minimum Gasteiger partial charge on any atom is -0.311 e. The van der Waals surface area contributed by atoms with Crippen LogP contribution in [-0.2, 0) is 27.1 Å². The Morgan fingerprint density at radius 3 is 1.62 bits per heavy atom. The Morgan fingerprint density at radius 2 is 1.00 bits per heavy atom. The molecule has 0 bridgehead atoms. The van der Waals surface area contributed by atoms with Crippen LogP contribution in [0.5, 0.6) is 0 Å². The van der Waals surface area contributed by atoms with Crippen molar-refractivity contribution in [3.05, 3.63) is 148 Å². The summed E-state index contributed by atoms with van der Waals surface area (Å²) in [7, 11) is 0. The maximum Gasteiger partial charge on any atom is 0.252 e. The van der Waals surface area contributed by atoms with Crippen LogP contribution in [0.15, 0.2) is 103 Å². The van der Waals surface area contributed by atoms with E-state index in [2.05, 4.69) is 210 Å². The Bertz CT molecular complexity index is 2810. The fourth-order valence-electron chi connectivity index (χ4n) is 12.2. The van der Waals surface area contributed by atoms with Gasteiger partial charge in [-0.25, -0.2) is 0 Å². The third-order valence-corrected chi connectivity index (χ3v) is 15.5. The van der Waals surface area contributed by atoms with Crippen LogP contribution in [0.2, 0.25) is 0 Å². The van der Waals surface area contributed by atoms with E-state index >= 15 is 0 Å². The van der Waals surface area contributed by atoms with Crippen LogP contribution in [0.1, 0.15) is 140 Å². The fourth-order valence-corrected chi connectivity index (χ4v) is 12.2. The molecule has 0 radical (unpaired) electrons. The van der Waals surface area contributed by atoms with Gasteiger partial charge < -0.3 is 9.80 Å². The van der Waals surface area contributed by atoms with E-state index in [1.165, 1.54) is 119 Å². The minimum absolute atomic E-state index is 0.0102. The lowest BCUT2D eigenvalue weighted by Gasteiger charge is -2.47. The van der Waals surface area contributed by atoms with Crippen LogP contribution < -0.4 is 26.2 Å². The molecule has 3 heteroatoms. The van der Waals surface area contributed by atoms with Gasteiger partial charge in [0.05, 0.1) is 0 Å². The smallest absolute Gasteiger partial charge is 0.252 e. The SMILES string of the molecule is Cc1cc2c3c(c1)N(c1cc4c(cc1C)C(C)(C)CCC4(C)C)c1cc4c(cc1B3c1ccc(C(C)(C)C)cc1N2c1cc(-c2ccccc2)ccc1C)C(C)(C)CC4(C)C. The third-order valence-electron chi connectivity index (χ3n) is 15.5. The zero-order chi connectivity index (χ0) is 43.3. The second-order valence-corrected chi connectivity index (χ2v) is 23.1. The van der Waals surface area contributed by atoms with E-state index in [9.17, 15) is 0 Å². The Balaban J connectivity index is 1.33. The van der Waals surface area contributed by atoms with Crippen molar-refractivity contribution in [3.63, 3.8) is 0 Å². The van der Waals surface area contributed by atoms with E-state index < -0.39 is 0 Å². The number of aryl methyl sites for hydroxylation is 3. The molecule has 2 aliphatic carbocycles. The van der Waals surface area contributed by atoms with Crippen LogP contribution in [-0.4, -0.2) is 6.71 Å². The monoisotopic (exact) mass is 801 g/mol. The molecule has 0 N–H and O–H groups in total. The summed E-state index contributed by atoms with van der Waals surface area (Å²) >= 11 is 0. The van der Waals surface area contributed by atoms with Crippen LogP contribution in [0.25, 0.3) is 11.1 Å². The van der Waals surface area contributed by atoms with Gasteiger partial charge in [0.1, 0.15) is 0 Å². The van der Waals surface area contributed by atoms with Gasteiger partial charge in [-0.1, -0.05) is 143 Å². The van der Waals surface area contributed by atoms with Crippen molar-refractivity contribution >= 4 is 57.2 Å². The lowest BCUT2D eigenvalue weighted by molar-refractivity contribution is 0.332. The van der Waals surface area contributed by atoms with Gasteiger partial charge in [0, 0.05) is 34.1 Å². The normalized spacial score (nSPS) is 18.6. The lowest BCUT2D eigenvalue weighted by Crippen LogP contribution is -2.61. The first kappa shape index (κ1) is 40.1. The molecular formula is C58H65BN2. The zero-order valence-corrected chi connectivity index (χ0v) is 39.4. The molecule has 0 atom stereocenters. The summed E-state index contributed by atoms with van der Waals surface area (Å²) in [6.45, 7) is 33.8. The molecule has 0 saturated carbocycles. The number of hydrogen-bond acceptors (Lipinski definition) is 2. The molecule has 0 unspecified atom stereocenters. The average Bonchev–Trinajstić information content (AvgIpc) is 3.37. The van der Waals surface area contributed by atoms with E-state index in [1.807, 2.05) is 0 Å². The lowest BCUT2D eigenvalue weighted by atomic mass is 9.33. The van der Waals surface area contributed by atoms with E-state index in [4.69, 9.17) is 0 Å². The number of anilines is 6. The molecule has 0 amide bonds. The van der Waals surface area contributed by atoms with Gasteiger partial charge in [-0.15, -0.1) is 0 Å². The molecule has 6 aromatic rings. The van der Waals surface area contributed by atoms with E-state index in [0.29, 0.717) is 0 Å². The van der Waals surface area contributed by atoms with Crippen LogP contribution in [0, 0.1) is 20.8 Å². The number of hydrogen-bond donors (Lipinski definition) is 0. The third kappa shape index (κ3) is 6.03. The maximum absolute atomic E-state index is 2.71. The highest BCUT2D eigenvalue weighted by atomic mass is 15.2. The van der Waals surface area contributed by atoms with Gasteiger partial charge in [0.2, 0.25) is 0 Å². The predicted octanol–water partition coefficient (Wildman–Crippen LogP) is 14.0. The summed E-state index contributed by atoms with van der Waals surface area (Å²) in [5.41, 5.74) is 26.1. The van der Waals surface area contributed by atoms with Crippen molar-refractivity contribution in [1.29, 1.82) is 0 Å². The topological polar surface area (TPSA) is 6.48 Å². The van der Waals surface area contributed by atoms with Crippen molar-refractivity contribution in [3.8, 4) is 11.1 Å². The number of rotatable bonds is 3. The minimum atomic E-state index is -0.0102. The highest BCUT2D eigenvalue weighted by Gasteiger charge is 2.49. The molecule has 0 spiro atoms. The Morgan fingerprint density at radius 1 is 0.459 bits per heavy atom. The highest BCUT2D eigenvalue weighted by Crippen LogP contribution is 2.55. The quantitative estimate of drug-likeness (QED) is 0.164. The average molecular weight is 801 g/mol. The summed E-state index contributed by atoms with van der Waals surface area (Å²) in [5, 5.41) is 0. The number of benzene rings is 6. The van der Waals surface area contributed by atoms with Gasteiger partial charge in [0.15, 0.2) is 0 Å². The standard InChI is InChI=1S/C58H65BN2/c1-35-26-51-53-52(27-35)61(48-32-43-41(28-37(48)3)55(7,8)24-25-56(43,9)10)50-33-44-42(57(11,12)34-58(44,13)14)31-46(50)59(53)45-23-22-40(54(4,5)6)30-49(45)60(51)47-29-39(21-20-36(47)2)38-18-16-15-17-19-38/h15-23,26-33H,24-25,34H2,1-14H3. The van der Waals surface area contributed by atoms with Gasteiger partial charge in [-0.3, -0.25) is 0 Å². The van der Waals surface area contributed by atoms with Crippen molar-refractivity contribution < 1.29 is 0 Å². The van der Waals surface area contributed by atoms with Crippen molar-refractivity contribution in [1.82, 2.24) is 0 Å². The van der Waals surface area contributed by atoms with E-state index in [-0.39, 0.29) is 33.8 Å². The first-order valence-corrected chi connectivity index (χ1v) is 23.0. The zero-order valence-electron chi connectivity index (χ0n) is 39.4. The molecule has 2 nitrogen and oxygen atoms in total. The summed E-state index contributed by atoms with van der Waals surface area (Å²) in [6.07, 6.45) is 3.53. The highest BCUT2D eigenvalue weighted by molar-refractivity contribution is 7.00. The fraction of sp³-hybridized carbons (Fsp3) is 0.379. The molecule has 0 aromatic heterocycles. The molecule has 2 aliphatic heterocycles. The maximum atomic E-state index is 2.71. The summed E-state index contributed by atoms with van der Waals surface area (Å²) < 4.78 is 0. The Hall–Kier alpha value is -5.02. The van der Waals surface area contributed by atoms with Gasteiger partial charge in [-0.2, -0.15) is 0 Å². The molecular weight excluding hydrogens is 735 g/mol. The molecule has 61 heavy (non-hydrogen) atoms. The second-order valence-electron chi connectivity index (χ2n) is 23.1. The Kier molecular flexibility index (Phi) is 8.55. The van der Waals surface area contributed by atoms with Crippen molar-refractivity contribution in [2.45, 2.75) is 143 Å². The molecule has 0 saturated heterocycles. The molecule has 10 rings (SSSR count). The van der Waals surface area contributed by atoms with Crippen molar-refractivity contribution in [2.24, 2.45) is 0 Å². The van der Waals surface area contributed by atoms with Crippen LogP contribution in [0.3, 0.4) is 0 Å². The summed E-state index contributed by atoms with van der Waals surface area (Å²) in [4.78, 5) is 5.36. The summed E-state index contributed by atoms with van der Waals surface area (Å²) in [5.74, 6) is 0. The Labute approximate surface area is 367 Å². The van der Waals surface area contributed by atoms with Gasteiger partial charge in [-0.05, 0) is 176 Å².